The summed E-state index contributed by atoms with van der Waals surface area (Å²) in [5, 5.41) is 10.9. The van der Waals surface area contributed by atoms with Crippen LogP contribution in [0.15, 0.2) is 24.3 Å². The van der Waals surface area contributed by atoms with E-state index in [0.29, 0.717) is 12.2 Å². The third-order valence-corrected chi connectivity index (χ3v) is 3.87. The summed E-state index contributed by atoms with van der Waals surface area (Å²) >= 11 is 0. The Labute approximate surface area is 153 Å². The lowest BCUT2D eigenvalue weighted by Gasteiger charge is -2.06. The molecule has 0 heterocycles. The highest BCUT2D eigenvalue weighted by atomic mass is 16.6. The van der Waals surface area contributed by atoms with E-state index in [4.69, 9.17) is 9.47 Å². The zero-order valence-corrected chi connectivity index (χ0v) is 15.3. The minimum atomic E-state index is -0.584. The summed E-state index contributed by atoms with van der Waals surface area (Å²) < 4.78 is 10.1. The number of nitro benzene ring substituents is 1. The second-order valence-electron chi connectivity index (χ2n) is 6.03. The molecule has 0 bridgehead atoms. The molecule has 0 aliphatic heterocycles. The molecule has 0 fully saturated rings. The Morgan fingerprint density at radius 2 is 1.58 bits per heavy atom. The van der Waals surface area contributed by atoms with Gasteiger partial charge in [0.05, 0.1) is 29.9 Å². The normalized spacial score (nSPS) is 10.3. The van der Waals surface area contributed by atoms with Crippen molar-refractivity contribution in [2.45, 2.75) is 64.9 Å². The molecule has 7 nitrogen and oxygen atoms in total. The fraction of sp³-hybridized carbons (Fsp3) is 0.579. The van der Waals surface area contributed by atoms with E-state index in [1.807, 2.05) is 0 Å². The van der Waals surface area contributed by atoms with Gasteiger partial charge < -0.3 is 9.47 Å². The molecule has 1 aromatic rings. The van der Waals surface area contributed by atoms with Gasteiger partial charge in [-0.3, -0.25) is 19.7 Å². The first-order valence-electron chi connectivity index (χ1n) is 9.08. The molecule has 0 N–H and O–H groups in total. The van der Waals surface area contributed by atoms with E-state index < -0.39 is 16.9 Å². The first-order valence-corrected chi connectivity index (χ1v) is 9.08. The van der Waals surface area contributed by atoms with Crippen molar-refractivity contribution in [1.29, 1.82) is 0 Å². The van der Waals surface area contributed by atoms with Gasteiger partial charge in [-0.05, 0) is 12.5 Å². The zero-order chi connectivity index (χ0) is 19.2. The molecule has 0 radical (unpaired) electrons. The summed E-state index contributed by atoms with van der Waals surface area (Å²) in [5.74, 6) is -1.01. The van der Waals surface area contributed by atoms with Gasteiger partial charge in [0.15, 0.2) is 0 Å². The van der Waals surface area contributed by atoms with E-state index in [0.717, 1.165) is 19.3 Å². The van der Waals surface area contributed by atoms with Gasteiger partial charge >= 0.3 is 11.9 Å². The first kappa shape index (κ1) is 21.6. The summed E-state index contributed by atoms with van der Waals surface area (Å²) in [4.78, 5) is 33.6. The highest BCUT2D eigenvalue weighted by Crippen LogP contribution is 2.18. The molecule has 0 atom stereocenters. The van der Waals surface area contributed by atoms with Crippen LogP contribution in [0.1, 0.15) is 63.9 Å². The molecule has 0 saturated carbocycles. The highest BCUT2D eigenvalue weighted by molar-refractivity contribution is 5.77. The van der Waals surface area contributed by atoms with Crippen LogP contribution in [0.2, 0.25) is 0 Å². The fourth-order valence-corrected chi connectivity index (χ4v) is 2.39. The smallest absolute Gasteiger partial charge is 0.306 e. The number of rotatable bonds is 13. The van der Waals surface area contributed by atoms with Gasteiger partial charge in [0, 0.05) is 6.07 Å². The highest BCUT2D eigenvalue weighted by Gasteiger charge is 2.15. The Kier molecular flexibility index (Phi) is 10.7. The fourth-order valence-electron chi connectivity index (χ4n) is 2.39. The number of unbranched alkanes of at least 4 members (excludes halogenated alkanes) is 5. The van der Waals surface area contributed by atoms with E-state index in [9.17, 15) is 19.7 Å². The molecule has 0 amide bonds. The molecular formula is C19H27NO6. The van der Waals surface area contributed by atoms with E-state index in [-0.39, 0.29) is 25.1 Å². The lowest BCUT2D eigenvalue weighted by molar-refractivity contribution is -0.385. The number of hydrogen-bond donors (Lipinski definition) is 0. The van der Waals surface area contributed by atoms with Crippen molar-refractivity contribution in [3.63, 3.8) is 0 Å². The third-order valence-electron chi connectivity index (χ3n) is 3.87. The van der Waals surface area contributed by atoms with Crippen molar-refractivity contribution in [3.8, 4) is 0 Å². The average molecular weight is 365 g/mol. The Morgan fingerprint density at radius 3 is 2.27 bits per heavy atom. The number of nitro groups is 1. The second-order valence-corrected chi connectivity index (χ2v) is 6.03. The predicted octanol–water partition coefficient (Wildman–Crippen LogP) is 4.32. The quantitative estimate of drug-likeness (QED) is 0.223. The third kappa shape index (κ3) is 9.15. The minimum Gasteiger partial charge on any atom is -0.466 e. The van der Waals surface area contributed by atoms with E-state index >= 15 is 0 Å². The lowest BCUT2D eigenvalue weighted by atomic mass is 10.1. The maximum absolute atomic E-state index is 11.7. The number of hydrogen-bond acceptors (Lipinski definition) is 6. The zero-order valence-electron chi connectivity index (χ0n) is 15.3. The largest absolute Gasteiger partial charge is 0.466 e. The maximum Gasteiger partial charge on any atom is 0.306 e. The summed E-state index contributed by atoms with van der Waals surface area (Å²) in [6.07, 6.45) is 6.49. The van der Waals surface area contributed by atoms with Gasteiger partial charge in [0.1, 0.15) is 6.61 Å². The molecule has 7 heteroatoms. The van der Waals surface area contributed by atoms with Crippen LogP contribution in [0, 0.1) is 10.1 Å². The van der Waals surface area contributed by atoms with Crippen LogP contribution < -0.4 is 0 Å². The van der Waals surface area contributed by atoms with Crippen molar-refractivity contribution in [2.75, 3.05) is 6.61 Å². The number of carbonyl (C=O) groups excluding carboxylic acids is 2. The predicted molar refractivity (Wildman–Crippen MR) is 96.5 cm³/mol. The molecule has 0 saturated heterocycles. The van der Waals surface area contributed by atoms with Crippen molar-refractivity contribution >= 4 is 17.6 Å². The molecule has 0 aliphatic carbocycles. The molecule has 0 aliphatic rings. The van der Waals surface area contributed by atoms with E-state index in [1.54, 1.807) is 12.1 Å². The van der Waals surface area contributed by atoms with Crippen LogP contribution in [-0.2, 0) is 25.7 Å². The Morgan fingerprint density at radius 1 is 0.962 bits per heavy atom. The van der Waals surface area contributed by atoms with Gasteiger partial charge in [-0.15, -0.1) is 0 Å². The van der Waals surface area contributed by atoms with Crippen molar-refractivity contribution in [3.05, 3.63) is 39.9 Å². The summed E-state index contributed by atoms with van der Waals surface area (Å²) in [5.41, 5.74) is 0.218. The van der Waals surface area contributed by atoms with Crippen LogP contribution in [-0.4, -0.2) is 23.5 Å². The van der Waals surface area contributed by atoms with Gasteiger partial charge in [0.2, 0.25) is 0 Å². The number of para-hydroxylation sites is 1. The molecule has 1 rings (SSSR count). The van der Waals surface area contributed by atoms with Crippen molar-refractivity contribution < 1.29 is 24.0 Å². The molecule has 0 unspecified atom stereocenters. The standard InChI is InChI=1S/C19H27NO6/c1-2-3-4-5-6-9-14-25-18(21)12-13-19(22)26-15-16-10-7-8-11-17(16)20(23)24/h7-8,10-11H,2-6,9,12-15H2,1H3. The van der Waals surface area contributed by atoms with Gasteiger partial charge in [-0.2, -0.15) is 0 Å². The molecule has 1 aromatic carbocycles. The summed E-state index contributed by atoms with van der Waals surface area (Å²) in [6, 6.07) is 6.06. The number of benzene rings is 1. The van der Waals surface area contributed by atoms with Crippen molar-refractivity contribution in [2.24, 2.45) is 0 Å². The van der Waals surface area contributed by atoms with Crippen LogP contribution >= 0.6 is 0 Å². The lowest BCUT2D eigenvalue weighted by Crippen LogP contribution is -2.11. The summed E-state index contributed by atoms with van der Waals surface area (Å²) in [6.45, 7) is 2.34. The van der Waals surface area contributed by atoms with Crippen LogP contribution in [0.25, 0.3) is 0 Å². The SMILES string of the molecule is CCCCCCCCOC(=O)CCC(=O)OCc1ccccc1[N+](=O)[O-]. The molecule has 0 spiro atoms. The van der Waals surface area contributed by atoms with E-state index in [2.05, 4.69) is 6.92 Å². The number of esters is 2. The van der Waals surface area contributed by atoms with E-state index in [1.165, 1.54) is 31.4 Å². The van der Waals surface area contributed by atoms with Gasteiger partial charge in [0.25, 0.3) is 5.69 Å². The average Bonchev–Trinajstić information content (AvgIpc) is 2.64. The molecule has 144 valence electrons. The van der Waals surface area contributed by atoms with Crippen LogP contribution in [0.4, 0.5) is 5.69 Å². The number of ether oxygens (including phenoxy) is 2. The van der Waals surface area contributed by atoms with Gasteiger partial charge in [-0.1, -0.05) is 51.2 Å². The topological polar surface area (TPSA) is 95.7 Å². The molecular weight excluding hydrogens is 338 g/mol. The molecule has 26 heavy (non-hydrogen) atoms. The first-order chi connectivity index (χ1) is 12.5. The Balaban J connectivity index is 2.16. The van der Waals surface area contributed by atoms with Crippen LogP contribution in [0.5, 0.6) is 0 Å². The van der Waals surface area contributed by atoms with Crippen LogP contribution in [0.3, 0.4) is 0 Å². The van der Waals surface area contributed by atoms with Crippen molar-refractivity contribution in [1.82, 2.24) is 0 Å². The number of carbonyl (C=O) groups is 2. The second kappa shape index (κ2) is 12.9. The minimum absolute atomic E-state index is 0.0500. The molecule has 0 aromatic heterocycles. The van der Waals surface area contributed by atoms with Gasteiger partial charge in [-0.25, -0.2) is 0 Å². The number of nitrogens with zero attached hydrogens (tertiary/aromatic N) is 1. The maximum atomic E-state index is 11.7. The Hall–Kier alpha value is -2.44. The summed E-state index contributed by atoms with van der Waals surface area (Å²) in [7, 11) is 0. The Bertz CT molecular complexity index is 587. The monoisotopic (exact) mass is 365 g/mol.